The fourth-order valence-corrected chi connectivity index (χ4v) is 15.7. The van der Waals surface area contributed by atoms with Gasteiger partial charge in [-0.15, -0.1) is 0 Å². The van der Waals surface area contributed by atoms with Crippen molar-refractivity contribution in [1.82, 2.24) is 0 Å². The molecule has 1 fully saturated rings. The van der Waals surface area contributed by atoms with Gasteiger partial charge in [0.25, 0.3) is 0 Å². The van der Waals surface area contributed by atoms with Gasteiger partial charge in [0, 0.05) is 12.3 Å². The molecule has 156 valence electrons. The lowest BCUT2D eigenvalue weighted by molar-refractivity contribution is -0.0244. The van der Waals surface area contributed by atoms with Crippen LogP contribution in [0.2, 0.25) is 0 Å². The lowest BCUT2D eigenvalue weighted by Crippen LogP contribution is -2.74. The molecule has 14 N–H and O–H groups in total. The second kappa shape index (κ2) is 7.78. The van der Waals surface area contributed by atoms with E-state index in [9.17, 15) is 48.0 Å². The van der Waals surface area contributed by atoms with E-state index in [0.717, 1.165) is 0 Å². The van der Waals surface area contributed by atoms with Crippen LogP contribution in [0.5, 0.6) is 0 Å². The van der Waals surface area contributed by atoms with Crippen LogP contribution >= 0.6 is 0 Å². The molecular weight excluding hydrogens is 477 g/mol. The molecule has 26 heavy (non-hydrogen) atoms. The molecule has 0 atom stereocenters. The van der Waals surface area contributed by atoms with Crippen molar-refractivity contribution < 1.29 is 72.6 Å². The molecule has 1 heterocycles. The van der Waals surface area contributed by atoms with Crippen LogP contribution in [0.1, 0.15) is 0 Å². The van der Waals surface area contributed by atoms with Crippen molar-refractivity contribution in [3.8, 4) is 0 Å². The maximum absolute atomic E-state index is 9.70. The van der Waals surface area contributed by atoms with Gasteiger partial charge in [0.15, 0.2) is 0 Å². The molecule has 0 aromatic carbocycles. The molecule has 24 heteroatoms. The number of nitrogens with two attached hydrogens (primary N) is 2. The molecule has 0 spiro atoms. The Kier molecular flexibility index (Phi) is 7.36. The minimum absolute atomic E-state index is 0.806. The van der Waals surface area contributed by atoms with Crippen LogP contribution in [0.25, 0.3) is 0 Å². The number of hydrogen-bond acceptors (Lipinski definition) is 18. The molecule has 18 nitrogen and oxygen atoms in total. The van der Waals surface area contributed by atoms with E-state index < -0.39 is 66.1 Å². The van der Waals surface area contributed by atoms with Gasteiger partial charge in [-0.05, 0) is 0 Å². The lowest BCUT2D eigenvalue weighted by Gasteiger charge is -2.38. The second-order valence-corrected chi connectivity index (χ2v) is 17.7. The minimum atomic E-state index is -5.89. The van der Waals surface area contributed by atoms with Crippen molar-refractivity contribution in [3.05, 3.63) is 0 Å². The summed E-state index contributed by atoms with van der Waals surface area (Å²) in [4.78, 5) is 95.4. The molecular formula is C2H18N2O16Si6. The van der Waals surface area contributed by atoms with Gasteiger partial charge in [0.2, 0.25) is 0 Å². The normalized spacial score (nSPS) is 30.0. The largest absolute Gasteiger partial charge is 0.662 e. The molecule has 0 aromatic heterocycles. The van der Waals surface area contributed by atoms with Crippen molar-refractivity contribution in [2.75, 3.05) is 12.3 Å². The van der Waals surface area contributed by atoms with E-state index in [1.807, 2.05) is 0 Å². The van der Waals surface area contributed by atoms with Crippen LogP contribution in [-0.2, 0) is 24.7 Å². The summed E-state index contributed by atoms with van der Waals surface area (Å²) in [6.45, 7) is 0. The average molecular weight is 495 g/mol. The third kappa shape index (κ3) is 7.54. The monoisotopic (exact) mass is 494 g/mol. The fourth-order valence-electron chi connectivity index (χ4n) is 1.55. The van der Waals surface area contributed by atoms with Crippen LogP contribution in [0.3, 0.4) is 0 Å². The molecule has 0 radical (unpaired) electrons. The first-order chi connectivity index (χ1) is 11.4. The van der Waals surface area contributed by atoms with Gasteiger partial charge in [-0.3, -0.25) is 0 Å². The molecule has 0 bridgehead atoms. The Morgan fingerprint density at radius 1 is 0.423 bits per heavy atom. The second-order valence-electron chi connectivity index (χ2n) is 4.67. The molecule has 0 aliphatic carbocycles. The van der Waals surface area contributed by atoms with Crippen molar-refractivity contribution in [1.29, 1.82) is 0 Å². The van der Waals surface area contributed by atoms with Crippen molar-refractivity contribution >= 4 is 53.8 Å². The van der Waals surface area contributed by atoms with Gasteiger partial charge in [-0.2, -0.15) is 0 Å². The average Bonchev–Trinajstić information content (AvgIpc) is 2.29. The van der Waals surface area contributed by atoms with Crippen LogP contribution in [0.15, 0.2) is 0 Å². The highest BCUT2D eigenvalue weighted by Gasteiger charge is 2.67. The van der Waals surface area contributed by atoms with E-state index >= 15 is 0 Å². The topological polar surface area (TPSA) is 310 Å². The van der Waals surface area contributed by atoms with Crippen LogP contribution in [0.4, 0.5) is 0 Å². The van der Waals surface area contributed by atoms with Crippen LogP contribution in [-0.4, -0.2) is 114 Å². The van der Waals surface area contributed by atoms with E-state index in [2.05, 4.69) is 24.7 Å². The predicted molar refractivity (Wildman–Crippen MR) is 81.3 cm³/mol. The highest BCUT2D eigenvalue weighted by molar-refractivity contribution is 6.85. The van der Waals surface area contributed by atoms with Gasteiger partial charge in [0.05, 0.1) is 0 Å². The van der Waals surface area contributed by atoms with Crippen molar-refractivity contribution in [2.45, 2.75) is 0 Å². The fraction of sp³-hybridized carbons (Fsp3) is 1.00. The Bertz CT molecular complexity index is 455. The lowest BCUT2D eigenvalue weighted by atomic mass is 11.5. The smallest absolute Gasteiger partial charge is 0.369 e. The third-order valence-corrected chi connectivity index (χ3v) is 17.2. The summed E-state index contributed by atoms with van der Waals surface area (Å²) in [5.41, 5.74) is 10.6. The van der Waals surface area contributed by atoms with E-state index in [1.165, 1.54) is 0 Å². The van der Waals surface area contributed by atoms with E-state index in [1.54, 1.807) is 0 Å². The predicted octanol–water partition coefficient (Wildman–Crippen LogP) is -9.36. The first-order valence-corrected chi connectivity index (χ1v) is 17.0. The molecule has 0 aromatic rings. The maximum Gasteiger partial charge on any atom is 0.662 e. The summed E-state index contributed by atoms with van der Waals surface area (Å²) in [7, 11) is -33.3. The van der Waals surface area contributed by atoms with E-state index in [4.69, 9.17) is 11.5 Å². The zero-order chi connectivity index (χ0) is 20.7. The summed E-state index contributed by atoms with van der Waals surface area (Å²) in [5.74, 6) is 0. The molecule has 0 saturated carbocycles. The van der Waals surface area contributed by atoms with Crippen molar-refractivity contribution in [2.24, 2.45) is 11.5 Å². The number of hydrogen-bond donors (Lipinski definition) is 12. The summed E-state index contributed by atoms with van der Waals surface area (Å²) >= 11 is 0. The molecule has 1 aliphatic heterocycles. The summed E-state index contributed by atoms with van der Waals surface area (Å²) < 4.78 is 25.0. The van der Waals surface area contributed by atoms with Gasteiger partial charge in [-0.25, -0.2) is 0 Å². The van der Waals surface area contributed by atoms with E-state index in [-0.39, 0.29) is 0 Å². The molecule has 1 rings (SSSR count). The quantitative estimate of drug-likeness (QED) is 0.158. The SMILES string of the molecule is NC[Si]1(CN)O[Si](O)(O)O[Si](O)(O)O[Si](O)(O)O[Si](O)(O)O[Si](O)(O)O1. The van der Waals surface area contributed by atoms with E-state index in [0.29, 0.717) is 0 Å². The zero-order valence-electron chi connectivity index (χ0n) is 12.5. The Morgan fingerprint density at radius 3 is 0.808 bits per heavy atom. The third-order valence-electron chi connectivity index (χ3n) is 2.32. The molecule has 1 saturated heterocycles. The molecule has 1 aliphatic rings. The Hall–Kier alpha value is 0.581. The maximum atomic E-state index is 9.70. The van der Waals surface area contributed by atoms with Gasteiger partial charge in [0.1, 0.15) is 0 Å². The summed E-state index contributed by atoms with van der Waals surface area (Å²) in [5, 5.41) is 0. The zero-order valence-corrected chi connectivity index (χ0v) is 18.5. The highest BCUT2D eigenvalue weighted by Crippen LogP contribution is 2.23. The summed E-state index contributed by atoms with van der Waals surface area (Å²) in [6, 6.07) is 0. The number of rotatable bonds is 2. The first-order valence-electron chi connectivity index (χ1n) is 6.21. The van der Waals surface area contributed by atoms with Crippen molar-refractivity contribution in [3.63, 3.8) is 0 Å². The van der Waals surface area contributed by atoms with Crippen LogP contribution in [0, 0.1) is 0 Å². The highest BCUT2D eigenvalue weighted by atomic mass is 28.6. The standard InChI is InChI=1S/C2H18N2O16Si6/c3-1-21(2-4)15-22(5,6)17-24(9,10)19-26(13,14)20-25(11,12)18-23(7,8)16-21/h5-14H,1-4H2. The minimum Gasteiger partial charge on any atom is -0.369 e. The Labute approximate surface area is 150 Å². The summed E-state index contributed by atoms with van der Waals surface area (Å²) in [6.07, 6.45) is -1.61. The molecule has 0 unspecified atom stereocenters. The van der Waals surface area contributed by atoms with Gasteiger partial charge in [-0.1, -0.05) is 0 Å². The van der Waals surface area contributed by atoms with Crippen LogP contribution < -0.4 is 11.5 Å². The first kappa shape index (κ1) is 24.6. The Morgan fingerprint density at radius 2 is 0.615 bits per heavy atom. The Balaban J connectivity index is 3.36. The molecule has 0 amide bonds. The van der Waals surface area contributed by atoms with Gasteiger partial charge >= 0.3 is 53.8 Å². The van der Waals surface area contributed by atoms with Gasteiger partial charge < -0.3 is 84.1 Å².